The molecule has 1 aliphatic carbocycles. The third kappa shape index (κ3) is 6.15. The molecule has 1 heterocycles. The Bertz CT molecular complexity index is 909. The van der Waals surface area contributed by atoms with Gasteiger partial charge in [0, 0.05) is 25.6 Å². The molecule has 0 saturated heterocycles. The molecule has 1 amide bonds. The topological polar surface area (TPSA) is 74.6 Å². The van der Waals surface area contributed by atoms with Crippen LogP contribution in [0.5, 0.6) is 11.5 Å². The van der Waals surface area contributed by atoms with Crippen molar-refractivity contribution in [3.05, 3.63) is 40.8 Å². The van der Waals surface area contributed by atoms with Crippen LogP contribution in [0, 0.1) is 11.3 Å². The molecule has 1 fully saturated rings. The molecule has 0 unspecified atom stereocenters. The maximum Gasteiger partial charge on any atom is 0.387 e. The first-order valence-electron chi connectivity index (χ1n) is 9.72. The van der Waals surface area contributed by atoms with Crippen molar-refractivity contribution in [2.24, 2.45) is 0 Å². The molecular weight excluding hydrogens is 412 g/mol. The number of ether oxygens (including phenoxy) is 2. The average molecular weight is 435 g/mol. The summed E-state index contributed by atoms with van der Waals surface area (Å²) in [4.78, 5) is 14.5. The zero-order chi connectivity index (χ0) is 21.5. The van der Waals surface area contributed by atoms with Crippen LogP contribution in [0.15, 0.2) is 29.6 Å². The fraction of sp³-hybridized carbons (Fsp3) is 0.429. The smallest absolute Gasteiger partial charge is 0.387 e. The van der Waals surface area contributed by atoms with Gasteiger partial charge in [-0.25, -0.2) is 0 Å². The number of rotatable bonds is 11. The van der Waals surface area contributed by atoms with E-state index in [1.807, 2.05) is 0 Å². The summed E-state index contributed by atoms with van der Waals surface area (Å²) in [6.07, 6.45) is 2.43. The summed E-state index contributed by atoms with van der Waals surface area (Å²) in [5.41, 5.74) is 1.36. The Morgan fingerprint density at radius 2 is 2.17 bits per heavy atom. The van der Waals surface area contributed by atoms with Crippen molar-refractivity contribution >= 4 is 22.2 Å². The van der Waals surface area contributed by atoms with Crippen LogP contribution in [0.2, 0.25) is 0 Å². The van der Waals surface area contributed by atoms with Crippen LogP contribution in [0.1, 0.15) is 37.3 Å². The maximum atomic E-state index is 12.6. The number of nitrogens with one attached hydrogen (secondary N) is 1. The number of halogens is 2. The number of carbonyl (C=O) groups is 1. The van der Waals surface area contributed by atoms with Crippen molar-refractivity contribution in [1.29, 1.82) is 5.26 Å². The number of hydrogen-bond donors (Lipinski definition) is 1. The molecule has 9 heteroatoms. The van der Waals surface area contributed by atoms with E-state index in [-0.39, 0.29) is 17.4 Å². The molecule has 30 heavy (non-hydrogen) atoms. The zero-order valence-electron chi connectivity index (χ0n) is 16.6. The number of carbonyl (C=O) groups excluding carboxylic acids is 1. The van der Waals surface area contributed by atoms with Crippen LogP contribution >= 0.6 is 11.3 Å². The minimum Gasteiger partial charge on any atom is -0.490 e. The van der Waals surface area contributed by atoms with Crippen LogP contribution in [-0.2, 0) is 11.3 Å². The summed E-state index contributed by atoms with van der Waals surface area (Å²) in [6, 6.07) is 9.07. The summed E-state index contributed by atoms with van der Waals surface area (Å²) in [6.45, 7) is 0.335. The zero-order valence-corrected chi connectivity index (χ0v) is 17.4. The van der Waals surface area contributed by atoms with Gasteiger partial charge in [0.05, 0.1) is 12.2 Å². The maximum absolute atomic E-state index is 12.6. The van der Waals surface area contributed by atoms with Gasteiger partial charge < -0.3 is 14.8 Å². The Labute approximate surface area is 178 Å². The van der Waals surface area contributed by atoms with Crippen molar-refractivity contribution in [3.8, 4) is 17.6 Å². The number of amides is 1. The summed E-state index contributed by atoms with van der Waals surface area (Å²) < 4.78 is 35.1. The van der Waals surface area contributed by atoms with Gasteiger partial charge in [-0.15, -0.1) is 11.3 Å². The SMILES string of the molecule is CCOc1cc(CN(CCC(=O)Nc2sccc2C#N)C2CC2)ccc1OC(F)F. The highest BCUT2D eigenvalue weighted by atomic mass is 32.1. The molecule has 1 N–H and O–H groups in total. The van der Waals surface area contributed by atoms with Crippen LogP contribution in [0.3, 0.4) is 0 Å². The van der Waals surface area contributed by atoms with E-state index in [0.29, 0.717) is 42.7 Å². The highest BCUT2D eigenvalue weighted by Crippen LogP contribution is 2.33. The first kappa shape index (κ1) is 22.0. The van der Waals surface area contributed by atoms with E-state index in [9.17, 15) is 13.6 Å². The van der Waals surface area contributed by atoms with Gasteiger partial charge in [0.2, 0.25) is 5.91 Å². The molecule has 3 rings (SSSR count). The lowest BCUT2D eigenvalue weighted by atomic mass is 10.1. The molecule has 0 bridgehead atoms. The van der Waals surface area contributed by atoms with Gasteiger partial charge in [-0.1, -0.05) is 6.07 Å². The fourth-order valence-corrected chi connectivity index (χ4v) is 3.86. The third-order valence-corrected chi connectivity index (χ3v) is 5.47. The Hall–Kier alpha value is -2.70. The minimum absolute atomic E-state index is 0.0113. The quantitative estimate of drug-likeness (QED) is 0.558. The van der Waals surface area contributed by atoms with Gasteiger partial charge in [-0.2, -0.15) is 14.0 Å². The van der Waals surface area contributed by atoms with Crippen LogP contribution in [0.4, 0.5) is 13.8 Å². The molecule has 0 radical (unpaired) electrons. The van der Waals surface area contributed by atoms with E-state index in [1.54, 1.807) is 30.5 Å². The van der Waals surface area contributed by atoms with E-state index in [2.05, 4.69) is 21.0 Å². The van der Waals surface area contributed by atoms with Crippen molar-refractivity contribution in [2.75, 3.05) is 18.5 Å². The van der Waals surface area contributed by atoms with Crippen molar-refractivity contribution < 1.29 is 23.0 Å². The lowest BCUT2D eigenvalue weighted by molar-refractivity contribution is -0.116. The molecular formula is C21H23F2N3O3S. The molecule has 0 aliphatic heterocycles. The number of hydrogen-bond acceptors (Lipinski definition) is 6. The Morgan fingerprint density at radius 1 is 1.37 bits per heavy atom. The molecule has 2 aromatic rings. The van der Waals surface area contributed by atoms with Crippen molar-refractivity contribution in [1.82, 2.24) is 4.90 Å². The predicted octanol–water partition coefficient (Wildman–Crippen LogP) is 4.61. The molecule has 0 atom stereocenters. The van der Waals surface area contributed by atoms with Gasteiger partial charge in [-0.05, 0) is 48.9 Å². The van der Waals surface area contributed by atoms with Crippen LogP contribution in [-0.4, -0.2) is 36.6 Å². The highest BCUT2D eigenvalue weighted by molar-refractivity contribution is 7.14. The Kier molecular flexibility index (Phi) is 7.60. The Morgan fingerprint density at radius 3 is 2.83 bits per heavy atom. The normalized spacial score (nSPS) is 13.3. The van der Waals surface area contributed by atoms with Gasteiger partial charge in [0.15, 0.2) is 11.5 Å². The number of nitriles is 1. The number of anilines is 1. The monoisotopic (exact) mass is 435 g/mol. The van der Waals surface area contributed by atoms with Gasteiger partial charge in [-0.3, -0.25) is 9.69 Å². The average Bonchev–Trinajstić information content (AvgIpc) is 3.46. The van der Waals surface area contributed by atoms with E-state index in [4.69, 9.17) is 10.00 Å². The number of alkyl halides is 2. The lowest BCUT2D eigenvalue weighted by Gasteiger charge is -2.22. The van der Waals surface area contributed by atoms with E-state index in [0.717, 1.165) is 18.4 Å². The summed E-state index contributed by atoms with van der Waals surface area (Å²) in [5.74, 6) is 0.151. The third-order valence-electron chi connectivity index (χ3n) is 4.64. The Balaban J connectivity index is 1.61. The predicted molar refractivity (Wildman–Crippen MR) is 110 cm³/mol. The second kappa shape index (κ2) is 10.4. The summed E-state index contributed by atoms with van der Waals surface area (Å²) >= 11 is 1.32. The standard InChI is InChI=1S/C21H23F2N3O3S/c1-2-28-18-11-14(3-6-17(18)29-21(22)23)13-26(16-4-5-16)9-7-19(27)25-20-15(12-24)8-10-30-20/h3,6,8,10-11,16,21H,2,4-5,7,9,13H2,1H3,(H,25,27). The van der Waals surface area contributed by atoms with Crippen molar-refractivity contribution in [3.63, 3.8) is 0 Å². The molecule has 1 saturated carbocycles. The molecule has 160 valence electrons. The van der Waals surface area contributed by atoms with E-state index >= 15 is 0 Å². The van der Waals surface area contributed by atoms with Crippen LogP contribution in [0.25, 0.3) is 0 Å². The second-order valence-corrected chi connectivity index (χ2v) is 7.78. The van der Waals surface area contributed by atoms with E-state index in [1.165, 1.54) is 17.4 Å². The number of nitrogens with zero attached hydrogens (tertiary/aromatic N) is 2. The minimum atomic E-state index is -2.92. The first-order chi connectivity index (χ1) is 14.5. The molecule has 1 aromatic carbocycles. The van der Waals surface area contributed by atoms with E-state index < -0.39 is 6.61 Å². The molecule has 1 aliphatic rings. The molecule has 0 spiro atoms. The fourth-order valence-electron chi connectivity index (χ4n) is 3.11. The largest absolute Gasteiger partial charge is 0.490 e. The first-order valence-corrected chi connectivity index (χ1v) is 10.6. The second-order valence-electron chi connectivity index (χ2n) is 6.87. The number of thiophene rings is 1. The number of benzene rings is 1. The van der Waals surface area contributed by atoms with Gasteiger partial charge >= 0.3 is 6.61 Å². The lowest BCUT2D eigenvalue weighted by Crippen LogP contribution is -2.29. The highest BCUT2D eigenvalue weighted by Gasteiger charge is 2.29. The van der Waals surface area contributed by atoms with Gasteiger partial charge in [0.1, 0.15) is 11.1 Å². The van der Waals surface area contributed by atoms with Gasteiger partial charge in [0.25, 0.3) is 0 Å². The van der Waals surface area contributed by atoms with Crippen molar-refractivity contribution in [2.45, 2.75) is 45.4 Å². The van der Waals surface area contributed by atoms with Crippen LogP contribution < -0.4 is 14.8 Å². The molecule has 1 aromatic heterocycles. The molecule has 6 nitrogen and oxygen atoms in total. The summed E-state index contributed by atoms with van der Waals surface area (Å²) in [7, 11) is 0. The summed E-state index contributed by atoms with van der Waals surface area (Å²) in [5, 5.41) is 14.2.